The normalized spacial score (nSPS) is 11.6. The van der Waals surface area contributed by atoms with E-state index < -0.39 is 10.8 Å². The van der Waals surface area contributed by atoms with Crippen molar-refractivity contribution in [2.75, 3.05) is 12.4 Å². The second-order valence-corrected chi connectivity index (χ2v) is 3.68. The molecule has 0 unspecified atom stereocenters. The van der Waals surface area contributed by atoms with Crippen LogP contribution in [0.3, 0.4) is 0 Å². The van der Waals surface area contributed by atoms with Crippen LogP contribution in [0.4, 0.5) is 11.4 Å². The number of nitro benzene ring substituents is 1. The van der Waals surface area contributed by atoms with Crippen LogP contribution in [0.15, 0.2) is 35.5 Å². The molecule has 0 radical (unpaired) electrons. The summed E-state index contributed by atoms with van der Waals surface area (Å²) in [6.45, 7) is 1.67. The Kier molecular flexibility index (Phi) is 4.76. The number of carbonyl (C=O) groups excluding carboxylic acids is 1. The maximum absolute atomic E-state index is 11.8. The van der Waals surface area contributed by atoms with Gasteiger partial charge in [0.15, 0.2) is 0 Å². The molecule has 0 aliphatic carbocycles. The zero-order valence-corrected chi connectivity index (χ0v) is 10.6. The number of aliphatic imine (C=N–C) groups is 1. The summed E-state index contributed by atoms with van der Waals surface area (Å²) in [5, 5.41) is 13.2. The van der Waals surface area contributed by atoms with Gasteiger partial charge in [0.25, 0.3) is 11.6 Å². The van der Waals surface area contributed by atoms with Crippen LogP contribution in [0.25, 0.3) is 0 Å². The molecule has 19 heavy (non-hydrogen) atoms. The van der Waals surface area contributed by atoms with Crippen molar-refractivity contribution in [3.05, 3.63) is 46.2 Å². The molecule has 0 aliphatic heterocycles. The zero-order valence-electron chi connectivity index (χ0n) is 10.6. The molecule has 3 N–H and O–H groups in total. The second-order valence-electron chi connectivity index (χ2n) is 3.68. The van der Waals surface area contributed by atoms with Gasteiger partial charge in [-0.15, -0.1) is 0 Å². The number of nitro groups is 1. The van der Waals surface area contributed by atoms with E-state index in [0.717, 1.165) is 0 Å². The number of aryl methyl sites for hydroxylation is 1. The van der Waals surface area contributed by atoms with E-state index in [4.69, 9.17) is 5.73 Å². The minimum atomic E-state index is -0.491. The summed E-state index contributed by atoms with van der Waals surface area (Å²) in [5.41, 5.74) is 6.42. The molecule has 0 aromatic heterocycles. The molecule has 7 heteroatoms. The van der Waals surface area contributed by atoms with Crippen LogP contribution in [-0.2, 0) is 4.79 Å². The van der Waals surface area contributed by atoms with Gasteiger partial charge in [0, 0.05) is 24.9 Å². The quantitative estimate of drug-likeness (QED) is 0.485. The molecule has 0 bridgehead atoms. The van der Waals surface area contributed by atoms with E-state index in [-0.39, 0.29) is 11.4 Å². The highest BCUT2D eigenvalue weighted by atomic mass is 16.6. The number of amides is 1. The van der Waals surface area contributed by atoms with Crippen LogP contribution < -0.4 is 11.1 Å². The average Bonchev–Trinajstić information content (AvgIpc) is 2.37. The molecule has 0 saturated carbocycles. The molecule has 1 aromatic rings. The highest BCUT2D eigenvalue weighted by Crippen LogP contribution is 2.21. The molecular formula is C12H14N4O3. The van der Waals surface area contributed by atoms with Crippen LogP contribution in [0.2, 0.25) is 0 Å². The maximum atomic E-state index is 11.8. The van der Waals surface area contributed by atoms with E-state index in [0.29, 0.717) is 11.3 Å². The second kappa shape index (κ2) is 6.29. The third kappa shape index (κ3) is 3.63. The van der Waals surface area contributed by atoms with E-state index in [9.17, 15) is 14.9 Å². The van der Waals surface area contributed by atoms with Gasteiger partial charge < -0.3 is 11.1 Å². The van der Waals surface area contributed by atoms with Crippen molar-refractivity contribution >= 4 is 23.0 Å². The summed E-state index contributed by atoms with van der Waals surface area (Å²) >= 11 is 0. The van der Waals surface area contributed by atoms with Gasteiger partial charge in [-0.3, -0.25) is 19.9 Å². The van der Waals surface area contributed by atoms with E-state index in [1.54, 1.807) is 6.92 Å². The fourth-order valence-electron chi connectivity index (χ4n) is 1.43. The molecule has 0 heterocycles. The average molecular weight is 262 g/mol. The predicted molar refractivity (Wildman–Crippen MR) is 73.1 cm³/mol. The van der Waals surface area contributed by atoms with Crippen LogP contribution in [0.5, 0.6) is 0 Å². The summed E-state index contributed by atoms with van der Waals surface area (Å²) in [7, 11) is 1.47. The number of hydrogen-bond acceptors (Lipinski definition) is 5. The Morgan fingerprint density at radius 3 is 2.68 bits per heavy atom. The van der Waals surface area contributed by atoms with Crippen molar-refractivity contribution in [3.63, 3.8) is 0 Å². The fourth-order valence-corrected chi connectivity index (χ4v) is 1.43. The maximum Gasteiger partial charge on any atom is 0.273 e. The van der Waals surface area contributed by atoms with Gasteiger partial charge in [0.05, 0.1) is 4.92 Å². The predicted octanol–water partition coefficient (Wildman–Crippen LogP) is 1.38. The lowest BCUT2D eigenvalue weighted by molar-refractivity contribution is -0.384. The Morgan fingerprint density at radius 1 is 1.53 bits per heavy atom. The van der Waals surface area contributed by atoms with Gasteiger partial charge in [-0.2, -0.15) is 0 Å². The SMILES string of the molecule is CN=C(C=CN)C(=O)Nc1ccc([N+](=O)[O-])cc1C. The minimum Gasteiger partial charge on any atom is -0.405 e. The van der Waals surface area contributed by atoms with Gasteiger partial charge in [-0.1, -0.05) is 0 Å². The summed E-state index contributed by atoms with van der Waals surface area (Å²) in [5.74, 6) is -0.429. The van der Waals surface area contributed by atoms with Crippen LogP contribution in [-0.4, -0.2) is 23.6 Å². The summed E-state index contributed by atoms with van der Waals surface area (Å²) in [6.07, 6.45) is 2.58. The summed E-state index contributed by atoms with van der Waals surface area (Å²) < 4.78 is 0. The molecule has 1 amide bonds. The zero-order chi connectivity index (χ0) is 14.4. The number of non-ortho nitro benzene ring substituents is 1. The molecular weight excluding hydrogens is 248 g/mol. The first kappa shape index (κ1) is 14.4. The first-order chi connectivity index (χ1) is 8.99. The highest BCUT2D eigenvalue weighted by molar-refractivity contribution is 6.47. The molecule has 1 aromatic carbocycles. The summed E-state index contributed by atoms with van der Waals surface area (Å²) in [4.78, 5) is 25.7. The number of hydrogen-bond donors (Lipinski definition) is 2. The number of rotatable bonds is 4. The van der Waals surface area contributed by atoms with Gasteiger partial charge >= 0.3 is 0 Å². The van der Waals surface area contributed by atoms with Gasteiger partial charge in [0.2, 0.25) is 0 Å². The molecule has 0 aliphatic rings. The Labute approximate surface area is 110 Å². The van der Waals surface area contributed by atoms with Crippen molar-refractivity contribution in [2.45, 2.75) is 6.92 Å². The first-order valence-corrected chi connectivity index (χ1v) is 5.41. The highest BCUT2D eigenvalue weighted by Gasteiger charge is 2.12. The van der Waals surface area contributed by atoms with Gasteiger partial charge in [-0.05, 0) is 30.8 Å². The van der Waals surface area contributed by atoms with E-state index in [1.165, 1.54) is 37.5 Å². The topological polar surface area (TPSA) is 111 Å². The fraction of sp³-hybridized carbons (Fsp3) is 0.167. The van der Waals surface area contributed by atoms with Crippen molar-refractivity contribution in [1.29, 1.82) is 0 Å². The molecule has 100 valence electrons. The van der Waals surface area contributed by atoms with Crippen molar-refractivity contribution in [2.24, 2.45) is 10.7 Å². The third-order valence-electron chi connectivity index (χ3n) is 2.40. The number of benzene rings is 1. The number of anilines is 1. The lowest BCUT2D eigenvalue weighted by atomic mass is 10.1. The number of nitrogens with two attached hydrogens (primary N) is 1. The van der Waals surface area contributed by atoms with Crippen molar-refractivity contribution in [3.8, 4) is 0 Å². The molecule has 7 nitrogen and oxygen atoms in total. The molecule has 0 fully saturated rings. The number of carbonyl (C=O) groups is 1. The largest absolute Gasteiger partial charge is 0.405 e. The van der Waals surface area contributed by atoms with E-state index >= 15 is 0 Å². The Balaban J connectivity index is 2.95. The number of nitrogens with one attached hydrogen (secondary N) is 1. The van der Waals surface area contributed by atoms with Crippen LogP contribution in [0.1, 0.15) is 5.56 Å². The summed E-state index contributed by atoms with van der Waals surface area (Å²) in [6, 6.07) is 4.19. The third-order valence-corrected chi connectivity index (χ3v) is 2.40. The molecule has 1 rings (SSSR count). The van der Waals surface area contributed by atoms with Gasteiger partial charge in [0.1, 0.15) is 5.71 Å². The van der Waals surface area contributed by atoms with Crippen LogP contribution >= 0.6 is 0 Å². The first-order valence-electron chi connectivity index (χ1n) is 5.41. The molecule has 0 saturated heterocycles. The van der Waals surface area contributed by atoms with Gasteiger partial charge in [-0.25, -0.2) is 0 Å². The standard InChI is InChI=1S/C12H14N4O3/c1-8-7-9(16(18)19)3-4-10(8)15-12(17)11(14-2)5-6-13/h3-7H,13H2,1-2H3,(H,15,17). The van der Waals surface area contributed by atoms with E-state index in [2.05, 4.69) is 10.3 Å². The lowest BCUT2D eigenvalue weighted by Gasteiger charge is -2.07. The smallest absolute Gasteiger partial charge is 0.273 e. The lowest BCUT2D eigenvalue weighted by Crippen LogP contribution is -2.22. The molecule has 0 spiro atoms. The minimum absolute atomic E-state index is 0.0262. The van der Waals surface area contributed by atoms with Crippen LogP contribution in [0, 0.1) is 17.0 Å². The molecule has 0 atom stereocenters. The Bertz CT molecular complexity index is 564. The monoisotopic (exact) mass is 262 g/mol. The Hall–Kier alpha value is -2.70. The number of nitrogens with zero attached hydrogens (tertiary/aromatic N) is 2. The van der Waals surface area contributed by atoms with E-state index in [1.807, 2.05) is 0 Å². The van der Waals surface area contributed by atoms with Crippen molar-refractivity contribution < 1.29 is 9.72 Å². The Morgan fingerprint density at radius 2 is 2.21 bits per heavy atom. The van der Waals surface area contributed by atoms with Crippen molar-refractivity contribution in [1.82, 2.24) is 0 Å².